The monoisotopic (exact) mass is 499 g/mol. The minimum absolute atomic E-state index is 0.0187. The number of hydrogen-bond acceptors (Lipinski definition) is 5. The van der Waals surface area contributed by atoms with Crippen LogP contribution in [0.5, 0.6) is 0 Å². The van der Waals surface area contributed by atoms with Gasteiger partial charge in [-0.3, -0.25) is 14.4 Å². The average molecular weight is 501 g/mol. The Morgan fingerprint density at radius 1 is 1.33 bits per heavy atom. The number of nitrogens with one attached hydrogen (secondary N) is 1. The van der Waals surface area contributed by atoms with Crippen LogP contribution in [-0.2, 0) is 30.3 Å². The molecule has 2 bridgehead atoms. The first-order valence-electron chi connectivity index (χ1n) is 9.00. The molecule has 3 aliphatic rings. The molecule has 0 unspecified atom stereocenters. The van der Waals surface area contributed by atoms with E-state index in [4.69, 9.17) is 9.47 Å². The van der Waals surface area contributed by atoms with Gasteiger partial charge in [-0.15, -0.1) is 0 Å². The van der Waals surface area contributed by atoms with Crippen LogP contribution in [0.3, 0.4) is 0 Å². The summed E-state index contributed by atoms with van der Waals surface area (Å²) in [5.41, 5.74) is 1.68. The fourth-order valence-corrected chi connectivity index (χ4v) is 6.14. The fourth-order valence-electron chi connectivity index (χ4n) is 4.69. The third kappa shape index (κ3) is 3.20. The third-order valence-corrected chi connectivity index (χ3v) is 7.56. The summed E-state index contributed by atoms with van der Waals surface area (Å²) in [5, 5.41) is 2.78. The summed E-state index contributed by atoms with van der Waals surface area (Å²) in [5.74, 6) is -2.07. The van der Waals surface area contributed by atoms with Crippen LogP contribution < -0.4 is 5.32 Å². The van der Waals surface area contributed by atoms with Crippen LogP contribution in [0.15, 0.2) is 22.7 Å². The van der Waals surface area contributed by atoms with Crippen molar-refractivity contribution in [1.82, 2.24) is 0 Å². The Morgan fingerprint density at radius 3 is 2.85 bits per heavy atom. The Labute approximate surface area is 173 Å². The van der Waals surface area contributed by atoms with Crippen molar-refractivity contribution in [3.8, 4) is 0 Å². The maximum atomic E-state index is 12.6. The van der Waals surface area contributed by atoms with Gasteiger partial charge in [0.25, 0.3) is 5.91 Å². The summed E-state index contributed by atoms with van der Waals surface area (Å²) in [4.78, 5) is 36.9. The Balaban J connectivity index is 1.37. The normalized spacial score (nSPS) is 33.1. The highest BCUT2D eigenvalue weighted by Gasteiger charge is 2.68. The maximum Gasteiger partial charge on any atom is 0.310 e. The van der Waals surface area contributed by atoms with Gasteiger partial charge in [-0.25, -0.2) is 0 Å². The average Bonchev–Trinajstić information content (AvgIpc) is 3.25. The number of rotatable bonds is 5. The topological polar surface area (TPSA) is 81.7 Å². The molecule has 0 radical (unpaired) electrons. The molecule has 4 rings (SSSR count). The van der Waals surface area contributed by atoms with Gasteiger partial charge in [0.15, 0.2) is 6.61 Å². The second-order valence-corrected chi connectivity index (χ2v) is 9.24. The van der Waals surface area contributed by atoms with Gasteiger partial charge in [0, 0.05) is 16.1 Å². The summed E-state index contributed by atoms with van der Waals surface area (Å²) >= 11 is 6.97. The number of anilines is 1. The van der Waals surface area contributed by atoms with Crippen molar-refractivity contribution in [3.05, 3.63) is 28.2 Å². The molecule has 1 aromatic rings. The van der Waals surface area contributed by atoms with Gasteiger partial charge in [0.05, 0.1) is 16.7 Å². The molecule has 1 aliphatic heterocycles. The highest BCUT2D eigenvalue weighted by atomic mass is 79.9. The van der Waals surface area contributed by atoms with E-state index in [-0.39, 0.29) is 35.3 Å². The molecule has 144 valence electrons. The molecular formula is C19H19Br2NO5. The molecule has 1 aromatic carbocycles. The highest BCUT2D eigenvalue weighted by Crippen LogP contribution is 2.60. The van der Waals surface area contributed by atoms with Crippen molar-refractivity contribution in [2.45, 2.75) is 30.7 Å². The molecule has 3 fully saturated rings. The number of halogens is 2. The van der Waals surface area contributed by atoms with Crippen molar-refractivity contribution in [2.24, 2.45) is 23.7 Å². The molecule has 2 aliphatic carbocycles. The van der Waals surface area contributed by atoms with Crippen molar-refractivity contribution in [1.29, 1.82) is 0 Å². The standard InChI is InChI=1S/C19H19Br2NO5/c1-2-8-5-9(20)3-4-12(8)22-13(23)7-26-18(24)14-10-6-11-15(14)19(25)27-17(11)16(10)21/h3-5,10-11,14-17H,2,6-7H2,1H3,(H,22,23)/t10-,11-,14-,15+,16-,17+/m1/s1. The molecule has 6 atom stereocenters. The van der Waals surface area contributed by atoms with Gasteiger partial charge in [0.2, 0.25) is 0 Å². The van der Waals surface area contributed by atoms with E-state index in [1.165, 1.54) is 0 Å². The van der Waals surface area contributed by atoms with Gasteiger partial charge in [-0.05, 0) is 42.5 Å². The number of carbonyl (C=O) groups is 3. The molecule has 1 heterocycles. The largest absolute Gasteiger partial charge is 0.461 e. The van der Waals surface area contributed by atoms with E-state index in [1.54, 1.807) is 0 Å². The Kier molecular flexibility index (Phi) is 5.05. The lowest BCUT2D eigenvalue weighted by Crippen LogP contribution is -2.39. The van der Waals surface area contributed by atoms with Gasteiger partial charge in [-0.1, -0.05) is 38.8 Å². The van der Waals surface area contributed by atoms with Crippen LogP contribution in [0.1, 0.15) is 18.9 Å². The zero-order chi connectivity index (χ0) is 19.3. The lowest BCUT2D eigenvalue weighted by molar-refractivity contribution is -0.157. The quantitative estimate of drug-likeness (QED) is 0.496. The number of aryl methyl sites for hydroxylation is 1. The zero-order valence-electron chi connectivity index (χ0n) is 14.6. The van der Waals surface area contributed by atoms with Crippen LogP contribution in [0, 0.1) is 23.7 Å². The number of alkyl halides is 1. The third-order valence-electron chi connectivity index (χ3n) is 5.86. The van der Waals surface area contributed by atoms with Crippen LogP contribution in [0.25, 0.3) is 0 Å². The van der Waals surface area contributed by atoms with Crippen molar-refractivity contribution < 1.29 is 23.9 Å². The molecule has 6 nitrogen and oxygen atoms in total. The molecule has 1 saturated heterocycles. The van der Waals surface area contributed by atoms with E-state index in [0.29, 0.717) is 5.69 Å². The number of amides is 1. The summed E-state index contributed by atoms with van der Waals surface area (Å²) in [6.07, 6.45) is 1.41. The first kappa shape index (κ1) is 18.9. The van der Waals surface area contributed by atoms with Crippen LogP contribution in [0.4, 0.5) is 5.69 Å². The lowest BCUT2D eigenvalue weighted by Gasteiger charge is -2.26. The Bertz CT molecular complexity index is 813. The fraction of sp³-hybridized carbons (Fsp3) is 0.526. The van der Waals surface area contributed by atoms with Crippen LogP contribution in [-0.4, -0.2) is 35.4 Å². The van der Waals surface area contributed by atoms with Crippen molar-refractivity contribution >= 4 is 55.4 Å². The number of carbonyl (C=O) groups excluding carboxylic acids is 3. The van der Waals surface area contributed by atoms with Crippen molar-refractivity contribution in [2.75, 3.05) is 11.9 Å². The second kappa shape index (κ2) is 7.20. The number of hydrogen-bond donors (Lipinski definition) is 1. The second-order valence-electron chi connectivity index (χ2n) is 7.27. The smallest absolute Gasteiger partial charge is 0.310 e. The summed E-state index contributed by atoms with van der Waals surface area (Å²) in [6, 6.07) is 5.59. The first-order valence-corrected chi connectivity index (χ1v) is 10.7. The molecule has 27 heavy (non-hydrogen) atoms. The molecule has 0 aromatic heterocycles. The summed E-state index contributed by atoms with van der Waals surface area (Å²) in [6.45, 7) is 1.63. The SMILES string of the molecule is CCc1cc(Br)ccc1NC(=O)COC(=O)[C@@H]1[C@H]2C[C@H]3[C@H](OC(=O)[C@@H]31)[C@@H]2Br. The molecule has 2 saturated carbocycles. The Hall–Kier alpha value is -1.41. The predicted molar refractivity (Wildman–Crippen MR) is 104 cm³/mol. The molecule has 1 N–H and O–H groups in total. The van der Waals surface area contributed by atoms with E-state index >= 15 is 0 Å². The number of benzene rings is 1. The minimum Gasteiger partial charge on any atom is -0.461 e. The van der Waals surface area contributed by atoms with E-state index in [0.717, 1.165) is 22.9 Å². The molecule has 8 heteroatoms. The summed E-state index contributed by atoms with van der Waals surface area (Å²) in [7, 11) is 0. The minimum atomic E-state index is -0.530. The van der Waals surface area contributed by atoms with E-state index in [2.05, 4.69) is 37.2 Å². The number of fused-ring (bicyclic) bond motifs is 1. The lowest BCUT2D eigenvalue weighted by atomic mass is 9.80. The van der Waals surface area contributed by atoms with Crippen molar-refractivity contribution in [3.63, 3.8) is 0 Å². The number of esters is 2. The van der Waals surface area contributed by atoms with Crippen LogP contribution in [0.2, 0.25) is 0 Å². The van der Waals surface area contributed by atoms with Gasteiger partial charge in [-0.2, -0.15) is 0 Å². The highest BCUT2D eigenvalue weighted by molar-refractivity contribution is 9.10. The van der Waals surface area contributed by atoms with E-state index in [9.17, 15) is 14.4 Å². The molecular weight excluding hydrogens is 482 g/mol. The van der Waals surface area contributed by atoms with Gasteiger partial charge < -0.3 is 14.8 Å². The predicted octanol–water partition coefficient (Wildman–Crippen LogP) is 3.06. The Morgan fingerprint density at radius 2 is 2.11 bits per heavy atom. The van der Waals surface area contributed by atoms with Gasteiger partial charge >= 0.3 is 11.9 Å². The first-order chi connectivity index (χ1) is 12.9. The summed E-state index contributed by atoms with van der Waals surface area (Å²) < 4.78 is 11.6. The molecule has 0 spiro atoms. The van der Waals surface area contributed by atoms with Gasteiger partial charge in [0.1, 0.15) is 6.10 Å². The molecule has 1 amide bonds. The van der Waals surface area contributed by atoms with E-state index < -0.39 is 23.7 Å². The zero-order valence-corrected chi connectivity index (χ0v) is 17.8. The number of ether oxygens (including phenoxy) is 2. The maximum absolute atomic E-state index is 12.6. The van der Waals surface area contributed by atoms with E-state index in [1.807, 2.05) is 25.1 Å². The van der Waals surface area contributed by atoms with Crippen LogP contribution >= 0.6 is 31.9 Å².